The molecule has 0 bridgehead atoms. The first-order valence-corrected chi connectivity index (χ1v) is 7.61. The van der Waals surface area contributed by atoms with Gasteiger partial charge in [0.15, 0.2) is 6.61 Å². The molecule has 5 heteroatoms. The second kappa shape index (κ2) is 7.45. The molecule has 1 amide bonds. The van der Waals surface area contributed by atoms with Crippen molar-refractivity contribution >= 4 is 37.8 Å². The lowest BCUT2D eigenvalue weighted by atomic mass is 10.2. The zero-order valence-electron chi connectivity index (χ0n) is 10.6. The summed E-state index contributed by atoms with van der Waals surface area (Å²) >= 11 is 6.74. The van der Waals surface area contributed by atoms with Crippen LogP contribution in [-0.4, -0.2) is 12.5 Å². The average molecular weight is 399 g/mol. The molecule has 0 aliphatic heterocycles. The Labute approximate surface area is 134 Å². The fourth-order valence-electron chi connectivity index (χ4n) is 1.58. The second-order valence-corrected chi connectivity index (χ2v) is 5.98. The van der Waals surface area contributed by atoms with Crippen molar-refractivity contribution in [3.05, 3.63) is 63.0 Å². The van der Waals surface area contributed by atoms with Gasteiger partial charge in [-0.2, -0.15) is 0 Å². The van der Waals surface area contributed by atoms with Crippen LogP contribution in [0.3, 0.4) is 0 Å². The lowest BCUT2D eigenvalue weighted by Gasteiger charge is -2.08. The monoisotopic (exact) mass is 397 g/mol. The van der Waals surface area contributed by atoms with E-state index in [0.717, 1.165) is 14.5 Å². The highest BCUT2D eigenvalue weighted by atomic mass is 79.9. The Morgan fingerprint density at radius 2 is 1.80 bits per heavy atom. The Morgan fingerprint density at radius 3 is 2.50 bits per heavy atom. The van der Waals surface area contributed by atoms with Crippen LogP contribution in [0.25, 0.3) is 0 Å². The standard InChI is InChI=1S/C15H13Br2NO2/c16-12-4-6-14(7-5-12)20-10-15(19)18-9-11-2-1-3-13(17)8-11/h1-8H,9-10H2,(H,18,19). The Hall–Kier alpha value is -1.33. The van der Waals surface area contributed by atoms with Gasteiger partial charge in [0.05, 0.1) is 0 Å². The number of carbonyl (C=O) groups excluding carboxylic acids is 1. The van der Waals surface area contributed by atoms with E-state index in [2.05, 4.69) is 37.2 Å². The van der Waals surface area contributed by atoms with Crippen LogP contribution in [0.15, 0.2) is 57.5 Å². The van der Waals surface area contributed by atoms with Gasteiger partial charge >= 0.3 is 0 Å². The molecule has 104 valence electrons. The number of nitrogens with one attached hydrogen (secondary N) is 1. The van der Waals surface area contributed by atoms with E-state index in [1.165, 1.54) is 0 Å². The summed E-state index contributed by atoms with van der Waals surface area (Å²) in [4.78, 5) is 11.7. The third-order valence-corrected chi connectivity index (χ3v) is 3.58. The molecule has 0 fully saturated rings. The molecule has 0 aliphatic rings. The molecule has 2 aromatic carbocycles. The smallest absolute Gasteiger partial charge is 0.258 e. The summed E-state index contributed by atoms with van der Waals surface area (Å²) < 4.78 is 7.36. The van der Waals surface area contributed by atoms with Crippen LogP contribution >= 0.6 is 31.9 Å². The number of ether oxygens (including phenoxy) is 1. The van der Waals surface area contributed by atoms with Crippen molar-refractivity contribution in [2.75, 3.05) is 6.61 Å². The van der Waals surface area contributed by atoms with Gasteiger partial charge < -0.3 is 10.1 Å². The minimum Gasteiger partial charge on any atom is -0.484 e. The summed E-state index contributed by atoms with van der Waals surface area (Å²) in [6.45, 7) is 0.498. The van der Waals surface area contributed by atoms with E-state index >= 15 is 0 Å². The van der Waals surface area contributed by atoms with E-state index in [1.54, 1.807) is 0 Å². The SMILES string of the molecule is O=C(COc1ccc(Br)cc1)NCc1cccc(Br)c1. The van der Waals surface area contributed by atoms with Gasteiger partial charge in [0.1, 0.15) is 5.75 Å². The van der Waals surface area contributed by atoms with Gasteiger partial charge in [-0.1, -0.05) is 44.0 Å². The molecule has 2 rings (SSSR count). The molecule has 0 aromatic heterocycles. The molecule has 0 atom stereocenters. The lowest BCUT2D eigenvalue weighted by Crippen LogP contribution is -2.28. The van der Waals surface area contributed by atoms with E-state index in [-0.39, 0.29) is 12.5 Å². The number of hydrogen-bond acceptors (Lipinski definition) is 2. The summed E-state index contributed by atoms with van der Waals surface area (Å²) in [5, 5.41) is 2.81. The predicted octanol–water partition coefficient (Wildman–Crippen LogP) is 3.91. The highest BCUT2D eigenvalue weighted by Gasteiger charge is 2.03. The van der Waals surface area contributed by atoms with E-state index in [1.807, 2.05) is 48.5 Å². The van der Waals surface area contributed by atoms with Crippen LogP contribution in [-0.2, 0) is 11.3 Å². The quantitative estimate of drug-likeness (QED) is 0.829. The highest BCUT2D eigenvalue weighted by Crippen LogP contribution is 2.16. The molecule has 0 aliphatic carbocycles. The van der Waals surface area contributed by atoms with Gasteiger partial charge in [-0.25, -0.2) is 0 Å². The molecule has 2 aromatic rings. The molecule has 0 heterocycles. The lowest BCUT2D eigenvalue weighted by molar-refractivity contribution is -0.123. The van der Waals surface area contributed by atoms with Crippen LogP contribution in [0.2, 0.25) is 0 Å². The number of hydrogen-bond donors (Lipinski definition) is 1. The van der Waals surface area contributed by atoms with Crippen LogP contribution in [0.1, 0.15) is 5.56 Å². The summed E-state index contributed by atoms with van der Waals surface area (Å²) in [6.07, 6.45) is 0. The first-order valence-electron chi connectivity index (χ1n) is 6.03. The van der Waals surface area contributed by atoms with Gasteiger partial charge in [0.2, 0.25) is 0 Å². The Kier molecular flexibility index (Phi) is 5.61. The van der Waals surface area contributed by atoms with Crippen LogP contribution < -0.4 is 10.1 Å². The molecular formula is C15H13Br2NO2. The Bertz CT molecular complexity index is 585. The van der Waals surface area contributed by atoms with Gasteiger partial charge in [0, 0.05) is 15.5 Å². The fraction of sp³-hybridized carbons (Fsp3) is 0.133. The van der Waals surface area contributed by atoms with Gasteiger partial charge in [-0.05, 0) is 42.0 Å². The molecule has 0 saturated carbocycles. The molecular weight excluding hydrogens is 386 g/mol. The zero-order valence-corrected chi connectivity index (χ0v) is 13.8. The van der Waals surface area contributed by atoms with Crippen molar-refractivity contribution in [2.45, 2.75) is 6.54 Å². The number of benzene rings is 2. The normalized spacial score (nSPS) is 10.1. The maximum Gasteiger partial charge on any atom is 0.258 e. The first kappa shape index (κ1) is 15.1. The molecule has 1 N–H and O–H groups in total. The summed E-state index contributed by atoms with van der Waals surface area (Å²) in [6, 6.07) is 15.2. The average Bonchev–Trinajstić information content (AvgIpc) is 2.45. The highest BCUT2D eigenvalue weighted by molar-refractivity contribution is 9.10. The van der Waals surface area contributed by atoms with Crippen molar-refractivity contribution in [1.29, 1.82) is 0 Å². The summed E-state index contributed by atoms with van der Waals surface area (Å²) in [5.41, 5.74) is 1.04. The molecule has 0 radical (unpaired) electrons. The van der Waals surface area contributed by atoms with E-state index < -0.39 is 0 Å². The van der Waals surface area contributed by atoms with Crippen LogP contribution in [0.5, 0.6) is 5.75 Å². The minimum atomic E-state index is -0.145. The molecule has 0 unspecified atom stereocenters. The zero-order chi connectivity index (χ0) is 14.4. The van der Waals surface area contributed by atoms with Crippen LogP contribution in [0, 0.1) is 0 Å². The van der Waals surface area contributed by atoms with E-state index in [0.29, 0.717) is 12.3 Å². The third kappa shape index (κ3) is 4.98. The summed E-state index contributed by atoms with van der Waals surface area (Å²) in [7, 11) is 0. The third-order valence-electron chi connectivity index (χ3n) is 2.56. The maximum absolute atomic E-state index is 11.7. The van der Waals surface area contributed by atoms with Crippen molar-refractivity contribution in [1.82, 2.24) is 5.32 Å². The Balaban J connectivity index is 1.77. The topological polar surface area (TPSA) is 38.3 Å². The minimum absolute atomic E-state index is 0.00956. The van der Waals surface area contributed by atoms with Gasteiger partial charge in [-0.3, -0.25) is 4.79 Å². The van der Waals surface area contributed by atoms with E-state index in [9.17, 15) is 4.79 Å². The summed E-state index contributed by atoms with van der Waals surface area (Å²) in [5.74, 6) is 0.527. The largest absolute Gasteiger partial charge is 0.484 e. The number of carbonyl (C=O) groups is 1. The van der Waals surface area contributed by atoms with Gasteiger partial charge in [-0.15, -0.1) is 0 Å². The first-order chi connectivity index (χ1) is 9.63. The Morgan fingerprint density at radius 1 is 1.05 bits per heavy atom. The second-order valence-electron chi connectivity index (χ2n) is 4.15. The molecule has 3 nitrogen and oxygen atoms in total. The number of amides is 1. The molecule has 20 heavy (non-hydrogen) atoms. The van der Waals surface area contributed by atoms with Crippen molar-refractivity contribution in [3.63, 3.8) is 0 Å². The number of halogens is 2. The van der Waals surface area contributed by atoms with Crippen molar-refractivity contribution in [2.24, 2.45) is 0 Å². The molecule has 0 saturated heterocycles. The maximum atomic E-state index is 11.7. The van der Waals surface area contributed by atoms with Crippen molar-refractivity contribution < 1.29 is 9.53 Å². The number of rotatable bonds is 5. The molecule has 0 spiro atoms. The van der Waals surface area contributed by atoms with E-state index in [4.69, 9.17) is 4.74 Å². The van der Waals surface area contributed by atoms with Gasteiger partial charge in [0.25, 0.3) is 5.91 Å². The predicted molar refractivity (Wildman–Crippen MR) is 85.6 cm³/mol. The van der Waals surface area contributed by atoms with Crippen molar-refractivity contribution in [3.8, 4) is 5.75 Å². The van der Waals surface area contributed by atoms with Crippen LogP contribution in [0.4, 0.5) is 0 Å². The fourth-order valence-corrected chi connectivity index (χ4v) is 2.29.